The maximum atomic E-state index is 12.4. The Morgan fingerprint density at radius 1 is 1.07 bits per heavy atom. The zero-order valence-corrected chi connectivity index (χ0v) is 17.9. The van der Waals surface area contributed by atoms with Crippen LogP contribution in [0.4, 0.5) is 16.2 Å². The Balaban J connectivity index is 1.79. The standard InChI is InChI=1S/C23H29ClN2O2/c1-17-16-20(10-11-21(17)24)26(18-8-6-5-7-9-18)19-12-14-25(15-13-19)22(27)28-23(2,3)4/h5-11,16,19H,12-15H2,1-4H3. The fraction of sp³-hybridized carbons (Fsp3) is 0.435. The van der Waals surface area contributed by atoms with Gasteiger partial charge in [0.05, 0.1) is 0 Å². The van der Waals surface area contributed by atoms with E-state index in [0.29, 0.717) is 19.1 Å². The molecule has 4 nitrogen and oxygen atoms in total. The molecule has 0 bridgehead atoms. The number of carbonyl (C=O) groups is 1. The number of halogens is 1. The molecule has 0 atom stereocenters. The lowest BCUT2D eigenvalue weighted by atomic mass is 10.0. The highest BCUT2D eigenvalue weighted by Crippen LogP contribution is 2.34. The van der Waals surface area contributed by atoms with Gasteiger partial charge < -0.3 is 14.5 Å². The summed E-state index contributed by atoms with van der Waals surface area (Å²) in [5, 5.41) is 0.775. The summed E-state index contributed by atoms with van der Waals surface area (Å²) in [7, 11) is 0. The van der Waals surface area contributed by atoms with Crippen LogP contribution in [-0.2, 0) is 4.74 Å². The number of nitrogens with zero attached hydrogens (tertiary/aromatic N) is 2. The summed E-state index contributed by atoms with van der Waals surface area (Å²) < 4.78 is 5.53. The Morgan fingerprint density at radius 3 is 2.29 bits per heavy atom. The molecule has 0 aromatic heterocycles. The molecule has 2 aromatic rings. The number of rotatable bonds is 3. The summed E-state index contributed by atoms with van der Waals surface area (Å²) in [6.45, 7) is 9.11. The summed E-state index contributed by atoms with van der Waals surface area (Å²) in [4.78, 5) is 16.6. The van der Waals surface area contributed by atoms with Gasteiger partial charge in [-0.15, -0.1) is 0 Å². The van der Waals surface area contributed by atoms with E-state index >= 15 is 0 Å². The van der Waals surface area contributed by atoms with E-state index in [4.69, 9.17) is 16.3 Å². The van der Waals surface area contributed by atoms with Crippen LogP contribution in [0, 0.1) is 6.92 Å². The molecule has 1 aliphatic heterocycles. The average molecular weight is 401 g/mol. The lowest BCUT2D eigenvalue weighted by molar-refractivity contribution is 0.0206. The molecule has 1 saturated heterocycles. The maximum absolute atomic E-state index is 12.4. The summed E-state index contributed by atoms with van der Waals surface area (Å²) in [6.07, 6.45) is 1.55. The maximum Gasteiger partial charge on any atom is 0.410 e. The highest BCUT2D eigenvalue weighted by molar-refractivity contribution is 6.31. The molecule has 1 amide bonds. The Bertz CT molecular complexity index is 809. The van der Waals surface area contributed by atoms with E-state index in [-0.39, 0.29) is 6.09 Å². The molecule has 0 saturated carbocycles. The zero-order valence-electron chi connectivity index (χ0n) is 17.1. The molecule has 0 aliphatic carbocycles. The van der Waals surface area contributed by atoms with Crippen molar-refractivity contribution in [3.05, 3.63) is 59.1 Å². The number of amides is 1. The van der Waals surface area contributed by atoms with Crippen LogP contribution in [0.1, 0.15) is 39.2 Å². The Kier molecular flexibility index (Phi) is 6.19. The van der Waals surface area contributed by atoms with E-state index in [1.54, 1.807) is 0 Å². The van der Waals surface area contributed by atoms with E-state index in [9.17, 15) is 4.79 Å². The second kappa shape index (κ2) is 8.44. The van der Waals surface area contributed by atoms with Crippen molar-refractivity contribution in [3.63, 3.8) is 0 Å². The van der Waals surface area contributed by atoms with Crippen LogP contribution in [0.25, 0.3) is 0 Å². The fourth-order valence-corrected chi connectivity index (χ4v) is 3.69. The highest BCUT2D eigenvalue weighted by Gasteiger charge is 2.30. The zero-order chi connectivity index (χ0) is 20.3. The summed E-state index contributed by atoms with van der Waals surface area (Å²) >= 11 is 6.25. The third-order valence-corrected chi connectivity index (χ3v) is 5.36. The second-order valence-corrected chi connectivity index (χ2v) is 8.74. The van der Waals surface area contributed by atoms with Gasteiger partial charge in [-0.3, -0.25) is 0 Å². The minimum Gasteiger partial charge on any atom is -0.444 e. The van der Waals surface area contributed by atoms with E-state index in [1.165, 1.54) is 0 Å². The van der Waals surface area contributed by atoms with Gasteiger partial charge in [0.2, 0.25) is 0 Å². The minimum absolute atomic E-state index is 0.223. The Labute approximate surface area is 173 Å². The van der Waals surface area contributed by atoms with E-state index < -0.39 is 5.60 Å². The van der Waals surface area contributed by atoms with Crippen molar-refractivity contribution >= 4 is 29.1 Å². The lowest BCUT2D eigenvalue weighted by Crippen LogP contribution is -2.47. The molecule has 28 heavy (non-hydrogen) atoms. The third kappa shape index (κ3) is 4.99. The quantitative estimate of drug-likeness (QED) is 0.616. The molecular weight excluding hydrogens is 372 g/mol. The van der Waals surface area contributed by atoms with E-state index in [2.05, 4.69) is 41.3 Å². The van der Waals surface area contributed by atoms with Gasteiger partial charge >= 0.3 is 6.09 Å². The summed E-state index contributed by atoms with van der Waals surface area (Å²) in [5.41, 5.74) is 2.88. The first-order chi connectivity index (χ1) is 13.2. The molecule has 2 aromatic carbocycles. The van der Waals surface area contributed by atoms with Gasteiger partial charge in [-0.1, -0.05) is 29.8 Å². The van der Waals surface area contributed by atoms with E-state index in [0.717, 1.165) is 34.8 Å². The first-order valence-corrected chi connectivity index (χ1v) is 10.2. The van der Waals surface area contributed by atoms with Crippen molar-refractivity contribution in [1.82, 2.24) is 4.90 Å². The molecule has 1 heterocycles. The van der Waals surface area contributed by atoms with Crippen LogP contribution in [0.2, 0.25) is 5.02 Å². The molecule has 0 N–H and O–H groups in total. The molecular formula is C23H29ClN2O2. The number of hydrogen-bond acceptors (Lipinski definition) is 3. The number of likely N-dealkylation sites (tertiary alicyclic amines) is 1. The van der Waals surface area contributed by atoms with Gasteiger partial charge in [-0.25, -0.2) is 4.79 Å². The lowest BCUT2D eigenvalue weighted by Gasteiger charge is -2.40. The molecule has 150 valence electrons. The number of anilines is 2. The van der Waals surface area contributed by atoms with Crippen molar-refractivity contribution in [1.29, 1.82) is 0 Å². The van der Waals surface area contributed by atoms with Crippen LogP contribution >= 0.6 is 11.6 Å². The molecule has 0 radical (unpaired) electrons. The topological polar surface area (TPSA) is 32.8 Å². The largest absolute Gasteiger partial charge is 0.444 e. The first kappa shape index (κ1) is 20.5. The smallest absolute Gasteiger partial charge is 0.410 e. The van der Waals surface area contributed by atoms with Crippen molar-refractivity contribution < 1.29 is 9.53 Å². The van der Waals surface area contributed by atoms with Gasteiger partial charge in [0, 0.05) is 35.5 Å². The van der Waals surface area contributed by atoms with Crippen molar-refractivity contribution in [2.45, 2.75) is 52.2 Å². The second-order valence-electron chi connectivity index (χ2n) is 8.34. The van der Waals surface area contributed by atoms with Crippen molar-refractivity contribution in [3.8, 4) is 0 Å². The molecule has 1 fully saturated rings. The van der Waals surface area contributed by atoms with Crippen LogP contribution in [-0.4, -0.2) is 35.7 Å². The fourth-order valence-electron chi connectivity index (χ4n) is 3.57. The third-order valence-electron chi connectivity index (χ3n) is 4.94. The van der Waals surface area contributed by atoms with Gasteiger partial charge in [-0.2, -0.15) is 0 Å². The monoisotopic (exact) mass is 400 g/mol. The number of piperidine rings is 1. The van der Waals surface area contributed by atoms with Crippen LogP contribution < -0.4 is 4.90 Å². The van der Waals surface area contributed by atoms with E-state index in [1.807, 2.05) is 44.7 Å². The first-order valence-electron chi connectivity index (χ1n) is 9.83. The number of benzene rings is 2. The minimum atomic E-state index is -0.467. The average Bonchev–Trinajstić information content (AvgIpc) is 2.65. The Morgan fingerprint density at radius 2 is 1.71 bits per heavy atom. The predicted molar refractivity (Wildman–Crippen MR) is 116 cm³/mol. The highest BCUT2D eigenvalue weighted by atomic mass is 35.5. The number of carbonyl (C=O) groups excluding carboxylic acids is 1. The van der Waals surface area contributed by atoms with Crippen molar-refractivity contribution in [2.75, 3.05) is 18.0 Å². The van der Waals surface area contributed by atoms with Crippen LogP contribution in [0.15, 0.2) is 48.5 Å². The predicted octanol–water partition coefficient (Wildman–Crippen LogP) is 6.19. The Hall–Kier alpha value is -2.20. The molecule has 0 spiro atoms. The summed E-state index contributed by atoms with van der Waals surface area (Å²) in [5.74, 6) is 0. The van der Waals surface area contributed by atoms with Gasteiger partial charge in [-0.05, 0) is 76.4 Å². The molecule has 0 unspecified atom stereocenters. The van der Waals surface area contributed by atoms with Crippen LogP contribution in [0.5, 0.6) is 0 Å². The number of hydrogen-bond donors (Lipinski definition) is 0. The summed E-state index contributed by atoms with van der Waals surface area (Å²) in [6, 6.07) is 16.9. The van der Waals surface area contributed by atoms with Crippen molar-refractivity contribution in [2.24, 2.45) is 0 Å². The number of ether oxygens (including phenoxy) is 1. The van der Waals surface area contributed by atoms with Gasteiger partial charge in [0.1, 0.15) is 5.60 Å². The molecule has 3 rings (SSSR count). The van der Waals surface area contributed by atoms with Gasteiger partial charge in [0.15, 0.2) is 0 Å². The molecule has 5 heteroatoms. The molecule has 1 aliphatic rings. The van der Waals surface area contributed by atoms with Gasteiger partial charge in [0.25, 0.3) is 0 Å². The number of aryl methyl sites for hydroxylation is 1. The normalized spacial score (nSPS) is 15.4. The number of para-hydroxylation sites is 1. The SMILES string of the molecule is Cc1cc(N(c2ccccc2)C2CCN(C(=O)OC(C)(C)C)CC2)ccc1Cl. The van der Waals surface area contributed by atoms with Crippen LogP contribution in [0.3, 0.4) is 0 Å².